The fourth-order valence-corrected chi connectivity index (χ4v) is 6.29. The molecule has 0 unspecified atom stereocenters. The Labute approximate surface area is 262 Å². The molecule has 43 heavy (non-hydrogen) atoms. The highest BCUT2D eigenvalue weighted by atomic mass is 79.9. The van der Waals surface area contributed by atoms with Gasteiger partial charge in [-0.2, -0.15) is 0 Å². The zero-order valence-electron chi connectivity index (χ0n) is 24.5. The molecule has 9 heteroatoms. The number of aliphatic hydroxyl groups excluding tert-OH is 1. The zero-order valence-corrected chi connectivity index (χ0v) is 26.1. The van der Waals surface area contributed by atoms with E-state index in [0.29, 0.717) is 12.8 Å². The summed E-state index contributed by atoms with van der Waals surface area (Å²) in [6, 6.07) is 18.3. The van der Waals surface area contributed by atoms with E-state index in [9.17, 15) is 19.5 Å². The first-order valence-electron chi connectivity index (χ1n) is 15.3. The number of halogens is 1. The summed E-state index contributed by atoms with van der Waals surface area (Å²) in [7, 11) is 0. The minimum atomic E-state index is -1.76. The highest BCUT2D eigenvalue weighted by Gasteiger charge is 2.49. The molecule has 2 N–H and O–H groups in total. The first-order valence-corrected chi connectivity index (χ1v) is 16.1. The number of carbonyl (C=O) groups is 3. The fourth-order valence-electron chi connectivity index (χ4n) is 5.78. The van der Waals surface area contributed by atoms with E-state index >= 15 is 0 Å². The lowest BCUT2D eigenvalue weighted by atomic mass is 9.87. The highest BCUT2D eigenvalue weighted by Crippen LogP contribution is 2.38. The van der Waals surface area contributed by atoms with Crippen molar-refractivity contribution in [2.45, 2.75) is 88.6 Å². The first-order chi connectivity index (χ1) is 20.8. The lowest BCUT2D eigenvalue weighted by molar-refractivity contribution is -0.218. The van der Waals surface area contributed by atoms with E-state index in [2.05, 4.69) is 15.9 Å². The topological polar surface area (TPSA) is 113 Å². The maximum atomic E-state index is 14.2. The Kier molecular flexibility index (Phi) is 12.5. The van der Waals surface area contributed by atoms with E-state index in [1.165, 1.54) is 6.08 Å². The lowest BCUT2D eigenvalue weighted by Crippen LogP contribution is -2.53. The maximum absolute atomic E-state index is 14.2. The molecule has 2 aromatic rings. The molecule has 0 saturated carbocycles. The van der Waals surface area contributed by atoms with Gasteiger partial charge in [0.05, 0.1) is 16.4 Å². The van der Waals surface area contributed by atoms with E-state index in [1.54, 1.807) is 0 Å². The third kappa shape index (κ3) is 9.08. The van der Waals surface area contributed by atoms with Crippen molar-refractivity contribution in [2.24, 2.45) is 5.92 Å². The van der Waals surface area contributed by atoms with Gasteiger partial charge in [0.2, 0.25) is 5.91 Å². The molecule has 1 saturated heterocycles. The lowest BCUT2D eigenvalue weighted by Gasteiger charge is -2.38. The SMILES string of the molecule is O=C1C=C(Br)[C@@](O)(CCCCCCCCCCO)O[C@H]1[C@H](Cc1ccccc1)C(=O)N1C(=O)OC[C@@H]1Cc1ccccc1. The number of ether oxygens (including phenoxy) is 2. The number of rotatable bonds is 16. The van der Waals surface area contributed by atoms with Crippen molar-refractivity contribution in [3.05, 3.63) is 82.3 Å². The van der Waals surface area contributed by atoms with Gasteiger partial charge in [0.1, 0.15) is 12.7 Å². The van der Waals surface area contributed by atoms with Crippen LogP contribution in [0.5, 0.6) is 0 Å². The van der Waals surface area contributed by atoms with E-state index in [4.69, 9.17) is 14.6 Å². The van der Waals surface area contributed by atoms with Crippen LogP contribution in [0.2, 0.25) is 0 Å². The minimum Gasteiger partial charge on any atom is -0.447 e. The van der Waals surface area contributed by atoms with Crippen molar-refractivity contribution in [3.63, 3.8) is 0 Å². The molecule has 2 aromatic carbocycles. The molecule has 8 nitrogen and oxygen atoms in total. The average Bonchev–Trinajstić information content (AvgIpc) is 3.37. The summed E-state index contributed by atoms with van der Waals surface area (Å²) >= 11 is 3.35. The van der Waals surface area contributed by atoms with Crippen molar-refractivity contribution in [3.8, 4) is 0 Å². The number of aliphatic hydroxyl groups is 2. The van der Waals surface area contributed by atoms with Gasteiger partial charge in [-0.15, -0.1) is 0 Å². The Bertz CT molecular complexity index is 1240. The van der Waals surface area contributed by atoms with Crippen molar-refractivity contribution >= 4 is 33.7 Å². The molecular weight excluding hydrogens is 614 g/mol. The molecule has 0 bridgehead atoms. The van der Waals surface area contributed by atoms with Gasteiger partial charge in [-0.3, -0.25) is 9.59 Å². The minimum absolute atomic E-state index is 0.0633. The Balaban J connectivity index is 1.49. The van der Waals surface area contributed by atoms with Crippen LogP contribution in [0, 0.1) is 5.92 Å². The third-order valence-electron chi connectivity index (χ3n) is 8.16. The number of ketones is 1. The maximum Gasteiger partial charge on any atom is 0.416 e. The number of amides is 2. The van der Waals surface area contributed by atoms with E-state index in [1.807, 2.05) is 60.7 Å². The Morgan fingerprint density at radius 3 is 2.12 bits per heavy atom. The predicted molar refractivity (Wildman–Crippen MR) is 166 cm³/mol. The molecule has 4 rings (SSSR count). The van der Waals surface area contributed by atoms with E-state index < -0.39 is 41.6 Å². The van der Waals surface area contributed by atoms with Gasteiger partial charge in [-0.25, -0.2) is 9.69 Å². The normalized spacial score (nSPS) is 22.8. The van der Waals surface area contributed by atoms with Crippen LogP contribution in [0.1, 0.15) is 68.9 Å². The average molecular weight is 657 g/mol. The number of cyclic esters (lactones) is 1. The van der Waals surface area contributed by atoms with Crippen LogP contribution in [0.3, 0.4) is 0 Å². The van der Waals surface area contributed by atoms with Crippen LogP contribution in [0.15, 0.2) is 71.2 Å². The Hall–Kier alpha value is -2.85. The second kappa shape index (κ2) is 16.3. The summed E-state index contributed by atoms with van der Waals surface area (Å²) in [5.41, 5.74) is 1.76. The molecule has 0 radical (unpaired) electrons. The summed E-state index contributed by atoms with van der Waals surface area (Å²) < 4.78 is 11.7. The smallest absolute Gasteiger partial charge is 0.416 e. The van der Waals surface area contributed by atoms with Crippen molar-refractivity contribution in [1.29, 1.82) is 0 Å². The predicted octanol–water partition coefficient (Wildman–Crippen LogP) is 5.87. The molecule has 2 amide bonds. The van der Waals surface area contributed by atoms with Gasteiger partial charge < -0.3 is 19.7 Å². The molecule has 0 aromatic heterocycles. The van der Waals surface area contributed by atoms with Crippen molar-refractivity contribution in [2.75, 3.05) is 13.2 Å². The van der Waals surface area contributed by atoms with Crippen LogP contribution in [-0.2, 0) is 31.9 Å². The van der Waals surface area contributed by atoms with Crippen LogP contribution in [-0.4, -0.2) is 64.0 Å². The molecule has 2 aliphatic heterocycles. The molecule has 1 fully saturated rings. The molecule has 2 aliphatic rings. The van der Waals surface area contributed by atoms with E-state index in [-0.39, 0.29) is 30.5 Å². The highest BCUT2D eigenvalue weighted by molar-refractivity contribution is 9.11. The number of carbonyl (C=O) groups excluding carboxylic acids is 3. The molecule has 232 valence electrons. The summed E-state index contributed by atoms with van der Waals surface area (Å²) in [6.45, 7) is 0.298. The first kappa shape index (κ1) is 33.1. The summed E-state index contributed by atoms with van der Waals surface area (Å²) in [4.78, 5) is 41.6. The Morgan fingerprint density at radius 1 is 0.907 bits per heavy atom. The molecule has 2 heterocycles. The van der Waals surface area contributed by atoms with Gasteiger partial charge in [0.15, 0.2) is 11.6 Å². The Morgan fingerprint density at radius 2 is 1.49 bits per heavy atom. The molecular formula is C34H42BrNO7. The van der Waals surface area contributed by atoms with Gasteiger partial charge in [-0.05, 0) is 58.8 Å². The van der Waals surface area contributed by atoms with Crippen molar-refractivity contribution in [1.82, 2.24) is 4.90 Å². The monoisotopic (exact) mass is 655 g/mol. The van der Waals surface area contributed by atoms with Crippen LogP contribution >= 0.6 is 15.9 Å². The standard InChI is InChI=1S/C34H42BrNO7/c35-30-23-29(38)31(43-34(30,41)19-13-5-3-1-2-4-6-14-20-37)28(22-26-17-11-8-12-18-26)32(39)36-27(24-42-33(36)40)21-25-15-9-7-10-16-25/h7-12,15-18,23,27-28,31,37,41H,1-6,13-14,19-22,24H2/t27-,28-,31-,34+/m0/s1. The number of hydrogen-bond donors (Lipinski definition) is 2. The van der Waals surface area contributed by atoms with Gasteiger partial charge in [0, 0.05) is 13.0 Å². The van der Waals surface area contributed by atoms with Gasteiger partial charge in [0.25, 0.3) is 0 Å². The number of hydrogen-bond acceptors (Lipinski definition) is 7. The summed E-state index contributed by atoms with van der Waals surface area (Å²) in [6.07, 6.45) is 7.83. The molecule has 0 aliphatic carbocycles. The zero-order chi connectivity index (χ0) is 30.7. The fraction of sp³-hybridized carbons (Fsp3) is 0.500. The van der Waals surface area contributed by atoms with Gasteiger partial charge >= 0.3 is 6.09 Å². The number of nitrogens with zero attached hydrogens (tertiary/aromatic N) is 1. The van der Waals surface area contributed by atoms with Gasteiger partial charge in [-0.1, -0.05) is 99.2 Å². The molecule has 0 spiro atoms. The summed E-state index contributed by atoms with van der Waals surface area (Å²) in [5.74, 6) is -3.81. The number of benzene rings is 2. The number of unbranched alkanes of at least 4 members (excludes halogenated alkanes) is 7. The van der Waals surface area contributed by atoms with E-state index in [0.717, 1.165) is 61.0 Å². The van der Waals surface area contributed by atoms with Crippen LogP contribution < -0.4 is 0 Å². The van der Waals surface area contributed by atoms with Crippen molar-refractivity contribution < 1.29 is 34.1 Å². The number of imide groups is 1. The summed E-state index contributed by atoms with van der Waals surface area (Å²) in [5, 5.41) is 20.5. The van der Waals surface area contributed by atoms with Crippen LogP contribution in [0.25, 0.3) is 0 Å². The largest absolute Gasteiger partial charge is 0.447 e. The second-order valence-corrected chi connectivity index (χ2v) is 12.3. The second-order valence-electron chi connectivity index (χ2n) is 11.4. The molecule has 4 atom stereocenters. The third-order valence-corrected chi connectivity index (χ3v) is 9.01. The quantitative estimate of drug-likeness (QED) is 0.217. The van der Waals surface area contributed by atoms with Crippen LogP contribution in [0.4, 0.5) is 4.79 Å².